The zero-order valence-electron chi connectivity index (χ0n) is 4.03. The first-order valence-corrected chi connectivity index (χ1v) is 3.82. The Morgan fingerprint density at radius 3 is 2.62 bits per heavy atom. The minimum Gasteiger partial charge on any atom is -0.480 e. The topological polar surface area (TPSA) is 63.3 Å². The molecule has 0 aromatic heterocycles. The third-order valence-corrected chi connectivity index (χ3v) is 1.47. The van der Waals surface area contributed by atoms with Crippen molar-refractivity contribution in [2.45, 2.75) is 6.04 Å². The molecule has 1 atom stereocenters. The van der Waals surface area contributed by atoms with Crippen molar-refractivity contribution >= 4 is 28.4 Å². The number of carboxylic acid groups (broad SMARTS) is 1. The van der Waals surface area contributed by atoms with Gasteiger partial charge in [-0.2, -0.15) is 0 Å². The first-order valence-electron chi connectivity index (χ1n) is 1.91. The van der Waals surface area contributed by atoms with Crippen LogP contribution in [0.2, 0.25) is 0 Å². The van der Waals surface area contributed by atoms with Crippen LogP contribution < -0.4 is 5.73 Å². The smallest absolute Gasteiger partial charge is 0.321 e. The Kier molecular flexibility index (Phi) is 4.12. The molecule has 0 saturated heterocycles. The fraction of sp³-hybridized carbons (Fsp3) is 0.667. The van der Waals surface area contributed by atoms with Gasteiger partial charge in [0, 0.05) is 5.75 Å². The van der Waals surface area contributed by atoms with Crippen molar-refractivity contribution in [3.05, 3.63) is 0 Å². The molecule has 0 spiro atoms. The molecule has 0 bridgehead atoms. The highest BCUT2D eigenvalue weighted by atomic mass is 33.1. The summed E-state index contributed by atoms with van der Waals surface area (Å²) in [5.41, 5.74) is 5.04. The van der Waals surface area contributed by atoms with Gasteiger partial charge in [0.2, 0.25) is 0 Å². The summed E-state index contributed by atoms with van der Waals surface area (Å²) in [6.45, 7) is 0. The number of aliphatic carboxylic acids is 1. The number of carboxylic acids is 1. The van der Waals surface area contributed by atoms with Crippen molar-refractivity contribution in [3.8, 4) is 0 Å². The van der Waals surface area contributed by atoms with Gasteiger partial charge in [0.05, 0.1) is 0 Å². The summed E-state index contributed by atoms with van der Waals surface area (Å²) in [4.78, 5) is 9.90. The Bertz CT molecular complexity index is 87.4. The lowest BCUT2D eigenvalue weighted by atomic mass is 10.4. The Hall–Kier alpha value is 0.130. The molecule has 0 amide bonds. The molecule has 8 heavy (non-hydrogen) atoms. The van der Waals surface area contributed by atoms with Gasteiger partial charge in [-0.3, -0.25) is 4.79 Å². The molecule has 0 aliphatic carbocycles. The quantitative estimate of drug-likeness (QED) is 0.569. The maximum atomic E-state index is 9.90. The number of hydrogen-bond donors (Lipinski definition) is 2. The maximum absolute atomic E-state index is 9.90. The zero-order chi connectivity index (χ0) is 6.57. The summed E-state index contributed by atoms with van der Waals surface area (Å²) in [5.74, 6) is -0.702. The lowest BCUT2D eigenvalue weighted by Gasteiger charge is -1.99. The van der Waals surface area contributed by atoms with Gasteiger partial charge in [-0.15, -0.1) is 0 Å². The Labute approximate surface area is 56.4 Å². The Morgan fingerprint density at radius 2 is 2.50 bits per heavy atom. The predicted octanol–water partition coefficient (Wildman–Crippen LogP) is 0.244. The Morgan fingerprint density at radius 1 is 2.00 bits per heavy atom. The SMILES string of the molecule is N[C@@H](CS[S])C(=O)O. The summed E-state index contributed by atoms with van der Waals surface area (Å²) in [5, 5.41) is 8.13. The van der Waals surface area contributed by atoms with Gasteiger partial charge < -0.3 is 10.8 Å². The molecule has 0 rings (SSSR count). The van der Waals surface area contributed by atoms with Crippen LogP contribution in [0, 0.1) is 0 Å². The largest absolute Gasteiger partial charge is 0.480 e. The van der Waals surface area contributed by atoms with Crippen LogP contribution in [0.25, 0.3) is 0 Å². The van der Waals surface area contributed by atoms with Crippen LogP contribution in [0.15, 0.2) is 0 Å². The minimum absolute atomic E-state index is 0.296. The van der Waals surface area contributed by atoms with Crippen LogP contribution >= 0.6 is 22.5 Å². The van der Waals surface area contributed by atoms with E-state index in [2.05, 4.69) is 11.7 Å². The van der Waals surface area contributed by atoms with E-state index in [0.29, 0.717) is 5.75 Å². The van der Waals surface area contributed by atoms with Gasteiger partial charge >= 0.3 is 5.97 Å². The summed E-state index contributed by atoms with van der Waals surface area (Å²) in [6.07, 6.45) is 0. The molecule has 3 nitrogen and oxygen atoms in total. The lowest BCUT2D eigenvalue weighted by molar-refractivity contribution is -0.137. The van der Waals surface area contributed by atoms with Gasteiger partial charge in [-0.1, -0.05) is 10.8 Å². The van der Waals surface area contributed by atoms with Crippen molar-refractivity contribution in [1.82, 2.24) is 0 Å². The first-order chi connectivity index (χ1) is 3.68. The highest BCUT2D eigenvalue weighted by Gasteiger charge is 2.08. The van der Waals surface area contributed by atoms with Crippen molar-refractivity contribution in [3.63, 3.8) is 0 Å². The van der Waals surface area contributed by atoms with Gasteiger partial charge in [0.15, 0.2) is 0 Å². The summed E-state index contributed by atoms with van der Waals surface area (Å²) >= 11 is 4.42. The lowest BCUT2D eigenvalue weighted by Crippen LogP contribution is -2.31. The number of carbonyl (C=O) groups is 1. The van der Waals surface area contributed by atoms with Crippen molar-refractivity contribution < 1.29 is 9.90 Å². The molecule has 0 aliphatic rings. The van der Waals surface area contributed by atoms with Crippen LogP contribution in [0.4, 0.5) is 0 Å². The van der Waals surface area contributed by atoms with Crippen LogP contribution in [-0.2, 0) is 4.79 Å². The van der Waals surface area contributed by atoms with E-state index in [-0.39, 0.29) is 0 Å². The van der Waals surface area contributed by atoms with E-state index in [0.717, 1.165) is 10.8 Å². The van der Waals surface area contributed by atoms with E-state index >= 15 is 0 Å². The second kappa shape index (κ2) is 4.05. The van der Waals surface area contributed by atoms with E-state index in [1.807, 2.05) is 0 Å². The van der Waals surface area contributed by atoms with E-state index in [4.69, 9.17) is 10.8 Å². The molecule has 5 heteroatoms. The van der Waals surface area contributed by atoms with E-state index in [9.17, 15) is 4.79 Å². The van der Waals surface area contributed by atoms with Crippen molar-refractivity contribution in [1.29, 1.82) is 0 Å². The maximum Gasteiger partial charge on any atom is 0.321 e. The fourth-order valence-electron chi connectivity index (χ4n) is 0.145. The third kappa shape index (κ3) is 3.17. The zero-order valence-corrected chi connectivity index (χ0v) is 5.67. The normalized spacial score (nSPS) is 13.2. The highest BCUT2D eigenvalue weighted by molar-refractivity contribution is 8.68. The van der Waals surface area contributed by atoms with Crippen molar-refractivity contribution in [2.24, 2.45) is 5.73 Å². The number of hydrogen-bond acceptors (Lipinski definition) is 3. The molecule has 0 aliphatic heterocycles. The standard InChI is InChI=1S/C3H6NO2S2/c4-2(1-8-7)3(5)6/h2H,1,4H2,(H,5,6)/t2-/m0/s1. The summed E-state index contributed by atoms with van der Waals surface area (Å²) < 4.78 is 0. The summed E-state index contributed by atoms with van der Waals surface area (Å²) in [6, 6.07) is -0.808. The molecular formula is C3H6NO2S2. The van der Waals surface area contributed by atoms with Gasteiger partial charge in [-0.25, -0.2) is 0 Å². The molecule has 0 aromatic carbocycles. The molecule has 3 N–H and O–H groups in total. The third-order valence-electron chi connectivity index (χ3n) is 0.565. The molecule has 0 unspecified atom stereocenters. The molecule has 1 radical (unpaired) electrons. The van der Waals surface area contributed by atoms with E-state index in [1.165, 1.54) is 0 Å². The molecule has 0 fully saturated rings. The minimum atomic E-state index is -0.998. The molecule has 0 aromatic rings. The second-order valence-electron chi connectivity index (χ2n) is 1.23. The van der Waals surface area contributed by atoms with Crippen molar-refractivity contribution in [2.75, 3.05) is 5.75 Å². The van der Waals surface area contributed by atoms with Gasteiger partial charge in [0.25, 0.3) is 0 Å². The molecular weight excluding hydrogens is 146 g/mol. The fourth-order valence-corrected chi connectivity index (χ4v) is 0.874. The number of nitrogens with two attached hydrogens (primary N) is 1. The van der Waals surface area contributed by atoms with Crippen LogP contribution in [0.3, 0.4) is 0 Å². The van der Waals surface area contributed by atoms with Gasteiger partial charge in [-0.05, 0) is 11.7 Å². The van der Waals surface area contributed by atoms with Crippen LogP contribution in [-0.4, -0.2) is 22.9 Å². The van der Waals surface area contributed by atoms with Crippen LogP contribution in [0.1, 0.15) is 0 Å². The van der Waals surface area contributed by atoms with Crippen LogP contribution in [0.5, 0.6) is 0 Å². The highest BCUT2D eigenvalue weighted by Crippen LogP contribution is 2.04. The Balaban J connectivity index is 3.32. The average Bonchev–Trinajstić information content (AvgIpc) is 1.67. The monoisotopic (exact) mass is 152 g/mol. The molecule has 47 valence electrons. The molecule has 0 heterocycles. The first kappa shape index (κ1) is 8.13. The predicted molar refractivity (Wildman–Crippen MR) is 35.7 cm³/mol. The molecule has 0 saturated carbocycles. The van der Waals surface area contributed by atoms with Gasteiger partial charge in [0.1, 0.15) is 6.04 Å². The average molecular weight is 152 g/mol. The summed E-state index contributed by atoms with van der Waals surface area (Å²) in [7, 11) is 1.02. The van der Waals surface area contributed by atoms with E-state index < -0.39 is 12.0 Å². The number of rotatable bonds is 3. The van der Waals surface area contributed by atoms with E-state index in [1.54, 1.807) is 0 Å². The second-order valence-corrected chi connectivity index (χ2v) is 2.51.